The average molecular weight is 1600 g/mol. The zero-order valence-corrected chi connectivity index (χ0v) is 67.4. The third-order valence-corrected chi connectivity index (χ3v) is 19.7. The predicted molar refractivity (Wildman–Crippen MR) is 430 cm³/mol. The molecule has 0 radical (unpaired) electrons. The lowest BCUT2D eigenvalue weighted by Gasteiger charge is -2.32. The molecule has 1 aliphatic heterocycles. The number of nitrogens with two attached hydrogens (primary N) is 2. The summed E-state index contributed by atoms with van der Waals surface area (Å²) in [6.45, 7) is 34.4. The topological polar surface area (TPSA) is 334 Å². The van der Waals surface area contributed by atoms with E-state index in [4.69, 9.17) is 40.5 Å². The van der Waals surface area contributed by atoms with Crippen LogP contribution in [0.3, 0.4) is 0 Å². The van der Waals surface area contributed by atoms with E-state index < -0.39 is 24.3 Å². The number of rotatable bonds is 11. The molecule has 109 heavy (non-hydrogen) atoms. The van der Waals surface area contributed by atoms with Gasteiger partial charge in [-0.15, -0.1) is 0 Å². The molecule has 8 aromatic heterocycles. The number of hydrogen-bond donors (Lipinski definition) is 4. The summed E-state index contributed by atoms with van der Waals surface area (Å²) in [6.07, 6.45) is 16.1. The Hall–Kier alpha value is -10.8. The number of aliphatic hydroxyl groups is 2. The summed E-state index contributed by atoms with van der Waals surface area (Å²) in [5, 5.41) is 34.3. The SMILES string of the molecule is CC(C)(O)c1ccc(-n2cncn2)c(-c2nc3cc(-c4cnc(N)nc4)ccc3n2C(C)(C)C)c1.CC(C)(O)c1ccc(-n2cncn2)c(-c2nc3cc(Br)ccc3n2C(C)(C)C)c1.CC1(C)OB(c2cnc(N)nc2)OC1(C)C.COC(=O)c1ccc(-n2cncn2)c(-c2nc3cc(Br)ccc3n2C(C)(C)C)c1. The first-order chi connectivity index (χ1) is 51.2. The van der Waals surface area contributed by atoms with Gasteiger partial charge in [0.2, 0.25) is 11.9 Å². The first-order valence-corrected chi connectivity index (χ1v) is 36.7. The van der Waals surface area contributed by atoms with E-state index in [0.29, 0.717) is 5.56 Å². The minimum absolute atomic E-state index is 0.206. The summed E-state index contributed by atoms with van der Waals surface area (Å²) in [7, 11) is 0.945. The normalized spacial score (nSPS) is 13.8. The molecule has 15 rings (SSSR count). The molecule has 6 N–H and O–H groups in total. The lowest BCUT2D eigenvalue weighted by atomic mass is 9.81. The predicted octanol–water partition coefficient (Wildman–Crippen LogP) is 14.3. The maximum atomic E-state index is 12.2. The Kier molecular flexibility index (Phi) is 21.2. The number of aromatic nitrogens is 19. The van der Waals surface area contributed by atoms with Crippen molar-refractivity contribution in [1.29, 1.82) is 0 Å². The third-order valence-electron chi connectivity index (χ3n) is 18.7. The second-order valence-corrected chi connectivity index (χ2v) is 33.2. The van der Waals surface area contributed by atoms with E-state index in [2.05, 4.69) is 170 Å². The number of hydrogen-bond acceptors (Lipinski definition) is 21. The van der Waals surface area contributed by atoms with Gasteiger partial charge in [-0.2, -0.15) is 15.3 Å². The molecule has 0 bridgehead atoms. The van der Waals surface area contributed by atoms with Crippen LogP contribution >= 0.6 is 31.9 Å². The Bertz CT molecular complexity index is 5590. The van der Waals surface area contributed by atoms with Crippen LogP contribution in [-0.4, -0.2) is 134 Å². The van der Waals surface area contributed by atoms with Gasteiger partial charge in [-0.3, -0.25) is 0 Å². The number of methoxy groups -OCH3 is 1. The van der Waals surface area contributed by atoms with Crippen LogP contribution in [0, 0.1) is 0 Å². The molecule has 1 fully saturated rings. The molecule has 562 valence electrons. The van der Waals surface area contributed by atoms with Crippen LogP contribution < -0.4 is 16.9 Å². The van der Waals surface area contributed by atoms with Crippen molar-refractivity contribution in [2.75, 3.05) is 18.6 Å². The van der Waals surface area contributed by atoms with Crippen LogP contribution in [0.4, 0.5) is 11.9 Å². The highest BCUT2D eigenvalue weighted by molar-refractivity contribution is 9.10. The molecule has 0 saturated carbocycles. The summed E-state index contributed by atoms with van der Waals surface area (Å²) in [5.74, 6) is 2.41. The first-order valence-electron chi connectivity index (χ1n) is 35.1. The number of nitrogens with zero attached hydrogens (tertiary/aromatic N) is 19. The molecule has 1 saturated heterocycles. The fourth-order valence-corrected chi connectivity index (χ4v) is 13.3. The lowest BCUT2D eigenvalue weighted by molar-refractivity contribution is 0.00578. The Balaban J connectivity index is 0.000000139. The standard InChI is InChI=1S/C26H28N8O.C22H24BrN5O.C21H20BrN5O2.C10H16BN3O2/c1-25(2,3)34-22-8-6-16(17-12-29-24(27)30-13-17)10-20(22)32-23(34)19-11-18(26(4,5)35)7-9-21(19)33-15-28-14-31-33;1-21(2,3)28-19-9-7-15(23)11-17(19)26-20(28)16-10-14(22(4,5)29)6-8-18(16)27-13-24-12-25-27;1-21(2,3)27-18-8-6-14(22)10-16(18)25-19(27)15-9-13(20(28)29-4)5-7-17(15)26-12-23-11-24-26;1-9(2)10(3,4)16-11(15-9)7-5-13-8(12)14-6-7/h6-15,35H,1-5H3,(H2,27,29,30);6-13,29H,1-5H3;5-12H,1-4H3;5-6H,1-4H3,(H2,12,13,14). The fraction of sp³-hybridized carbons (Fsp3) is 0.316. The summed E-state index contributed by atoms with van der Waals surface area (Å²) < 4.78 is 30.3. The molecule has 0 atom stereocenters. The minimum atomic E-state index is -1.02. The molecule has 0 unspecified atom stereocenters. The number of imidazole rings is 3. The van der Waals surface area contributed by atoms with E-state index in [1.54, 1.807) is 97.6 Å². The van der Waals surface area contributed by atoms with E-state index in [9.17, 15) is 15.0 Å². The molecule has 0 spiro atoms. The highest BCUT2D eigenvalue weighted by Crippen LogP contribution is 2.42. The third kappa shape index (κ3) is 16.5. The van der Waals surface area contributed by atoms with Gasteiger partial charge < -0.3 is 49.4 Å². The highest BCUT2D eigenvalue weighted by Gasteiger charge is 2.52. The van der Waals surface area contributed by atoms with Crippen molar-refractivity contribution in [3.05, 3.63) is 198 Å². The Morgan fingerprint density at radius 1 is 0.468 bits per heavy atom. The molecule has 6 aromatic carbocycles. The molecule has 1 aliphatic rings. The van der Waals surface area contributed by atoms with Gasteiger partial charge in [0.15, 0.2) is 0 Å². The fourth-order valence-electron chi connectivity index (χ4n) is 12.6. The van der Waals surface area contributed by atoms with Gasteiger partial charge >= 0.3 is 13.1 Å². The van der Waals surface area contributed by atoms with E-state index in [0.717, 1.165) is 121 Å². The van der Waals surface area contributed by atoms with Crippen LogP contribution in [0.5, 0.6) is 0 Å². The van der Waals surface area contributed by atoms with Crippen LogP contribution in [0.15, 0.2) is 181 Å². The van der Waals surface area contributed by atoms with E-state index in [1.807, 2.05) is 113 Å². The summed E-state index contributed by atoms with van der Waals surface area (Å²) in [4.78, 5) is 55.6. The minimum Gasteiger partial charge on any atom is -0.465 e. The second kappa shape index (κ2) is 29.7. The Morgan fingerprint density at radius 2 is 0.826 bits per heavy atom. The first kappa shape index (κ1) is 77.8. The van der Waals surface area contributed by atoms with Gasteiger partial charge in [-0.05, 0) is 225 Å². The number of anilines is 2. The summed E-state index contributed by atoms with van der Waals surface area (Å²) in [5.41, 5.74) is 22.9. The molecule has 0 aliphatic carbocycles. The monoisotopic (exact) mass is 1600 g/mol. The maximum Gasteiger partial charge on any atom is 0.498 e. The Morgan fingerprint density at radius 3 is 1.18 bits per heavy atom. The van der Waals surface area contributed by atoms with Crippen LogP contribution in [0.1, 0.15) is 139 Å². The molecule has 14 aromatic rings. The van der Waals surface area contributed by atoms with Crippen molar-refractivity contribution in [1.82, 2.24) is 92.9 Å². The van der Waals surface area contributed by atoms with Crippen molar-refractivity contribution in [2.45, 2.75) is 157 Å². The van der Waals surface area contributed by atoms with Crippen molar-refractivity contribution in [2.24, 2.45) is 0 Å². The van der Waals surface area contributed by atoms with Crippen molar-refractivity contribution < 1.29 is 29.1 Å². The molecule has 0 amide bonds. The number of esters is 1. The van der Waals surface area contributed by atoms with Gasteiger partial charge in [-0.1, -0.05) is 50.1 Å². The number of halogens is 2. The van der Waals surface area contributed by atoms with Crippen molar-refractivity contribution in [3.8, 4) is 62.4 Å². The molecule has 9 heterocycles. The molecular weight excluding hydrogens is 1510 g/mol. The molecule has 30 heteroatoms. The zero-order chi connectivity index (χ0) is 78.7. The highest BCUT2D eigenvalue weighted by atomic mass is 79.9. The maximum absolute atomic E-state index is 12.2. The summed E-state index contributed by atoms with van der Waals surface area (Å²) in [6, 6.07) is 35.3. The van der Waals surface area contributed by atoms with E-state index in [1.165, 1.54) is 26.1 Å². The number of carbonyl (C=O) groups is 1. The number of nitrogen functional groups attached to an aromatic ring is 2. The van der Waals surface area contributed by atoms with Crippen LogP contribution in [-0.2, 0) is 41.9 Å². The molecule has 27 nitrogen and oxygen atoms in total. The van der Waals surface area contributed by atoms with Crippen molar-refractivity contribution >= 4 is 95.4 Å². The van der Waals surface area contributed by atoms with Gasteiger partial charge in [-0.25, -0.2) is 68.7 Å². The van der Waals surface area contributed by atoms with Gasteiger partial charge in [0, 0.05) is 78.1 Å². The van der Waals surface area contributed by atoms with Gasteiger partial charge in [0.1, 0.15) is 55.4 Å². The average Bonchev–Trinajstić information content (AvgIpc) is 1.62. The number of benzene rings is 6. The smallest absolute Gasteiger partial charge is 0.465 e. The van der Waals surface area contributed by atoms with Crippen molar-refractivity contribution in [3.63, 3.8) is 0 Å². The summed E-state index contributed by atoms with van der Waals surface area (Å²) >= 11 is 7.08. The number of fused-ring (bicyclic) bond motifs is 3. The quantitative estimate of drug-likeness (QED) is 0.0690. The Labute approximate surface area is 648 Å². The largest absolute Gasteiger partial charge is 0.498 e. The van der Waals surface area contributed by atoms with Gasteiger partial charge in [0.25, 0.3) is 0 Å². The van der Waals surface area contributed by atoms with Crippen LogP contribution in [0.2, 0.25) is 0 Å². The van der Waals surface area contributed by atoms with E-state index >= 15 is 0 Å². The van der Waals surface area contributed by atoms with Gasteiger partial charge in [0.05, 0.1) is 85.2 Å². The number of ether oxygens (including phenoxy) is 1. The molecular formula is C79H88BBr2N21O6. The zero-order valence-electron chi connectivity index (χ0n) is 64.2. The lowest BCUT2D eigenvalue weighted by Crippen LogP contribution is -2.41. The van der Waals surface area contributed by atoms with Crippen LogP contribution in [0.25, 0.3) is 95.5 Å². The second-order valence-electron chi connectivity index (χ2n) is 31.4. The number of carbonyl (C=O) groups excluding carboxylic acids is 1. The van der Waals surface area contributed by atoms with E-state index in [-0.39, 0.29) is 39.7 Å².